The van der Waals surface area contributed by atoms with Gasteiger partial charge in [0.05, 0.1) is 6.26 Å². The van der Waals surface area contributed by atoms with Crippen molar-refractivity contribution in [1.82, 2.24) is 10.3 Å². The molecule has 5 rings (SSSR count). The molecule has 2 heterocycles. The molecule has 0 aliphatic rings. The van der Waals surface area contributed by atoms with Crippen molar-refractivity contribution < 1.29 is 14.0 Å². The maximum absolute atomic E-state index is 14.3. The van der Waals surface area contributed by atoms with Crippen molar-refractivity contribution in [3.8, 4) is 11.1 Å². The topological polar surface area (TPSA) is 75.4 Å². The van der Waals surface area contributed by atoms with Crippen molar-refractivity contribution in [2.45, 2.75) is 12.0 Å². The Kier molecular flexibility index (Phi) is 9.75. The third-order valence-electron chi connectivity index (χ3n) is 7.34. The summed E-state index contributed by atoms with van der Waals surface area (Å²) in [5.74, 6) is -0.897. The summed E-state index contributed by atoms with van der Waals surface area (Å²) in [6, 6.07) is 33.1. The highest BCUT2D eigenvalue weighted by Crippen LogP contribution is 2.32. The van der Waals surface area contributed by atoms with E-state index in [9.17, 15) is 9.59 Å². The van der Waals surface area contributed by atoms with Gasteiger partial charge in [-0.15, -0.1) is 0 Å². The van der Waals surface area contributed by atoms with Gasteiger partial charge in [0, 0.05) is 36.1 Å². The van der Waals surface area contributed by atoms with E-state index in [-0.39, 0.29) is 24.1 Å². The first-order valence-electron chi connectivity index (χ1n) is 14.3. The van der Waals surface area contributed by atoms with Crippen LogP contribution < -0.4 is 10.2 Å². The van der Waals surface area contributed by atoms with Gasteiger partial charge in [0.25, 0.3) is 5.91 Å². The van der Waals surface area contributed by atoms with E-state index in [0.717, 1.165) is 22.3 Å². The van der Waals surface area contributed by atoms with E-state index in [1.165, 1.54) is 11.2 Å². The maximum atomic E-state index is 14.3. The monoisotopic (exact) mass is 579 g/mol. The van der Waals surface area contributed by atoms with Crippen LogP contribution in [-0.2, 0) is 4.79 Å². The van der Waals surface area contributed by atoms with Gasteiger partial charge in [0.15, 0.2) is 5.76 Å². The van der Waals surface area contributed by atoms with Crippen molar-refractivity contribution in [1.29, 1.82) is 0 Å². The molecule has 3 aromatic carbocycles. The third kappa shape index (κ3) is 6.82. The summed E-state index contributed by atoms with van der Waals surface area (Å²) in [6.07, 6.45) is 10.0. The summed E-state index contributed by atoms with van der Waals surface area (Å²) in [5.41, 5.74) is 5.04. The molecule has 2 aromatic heterocycles. The summed E-state index contributed by atoms with van der Waals surface area (Å²) in [6.45, 7) is 8.09. The second-order valence-electron chi connectivity index (χ2n) is 10.1. The molecular formula is C38H33N3O3. The van der Waals surface area contributed by atoms with E-state index >= 15 is 0 Å². The number of hydrogen-bond acceptors (Lipinski definition) is 4. The van der Waals surface area contributed by atoms with E-state index in [1.807, 2.05) is 91.0 Å². The Hall–Kier alpha value is -5.75. The largest absolute Gasteiger partial charge is 0.459 e. The Morgan fingerprint density at radius 2 is 1.50 bits per heavy atom. The zero-order valence-corrected chi connectivity index (χ0v) is 24.3. The van der Waals surface area contributed by atoms with Crippen molar-refractivity contribution in [3.05, 3.63) is 182 Å². The van der Waals surface area contributed by atoms with Gasteiger partial charge in [-0.2, -0.15) is 0 Å². The summed E-state index contributed by atoms with van der Waals surface area (Å²) in [7, 11) is 0. The minimum Gasteiger partial charge on any atom is -0.459 e. The second kappa shape index (κ2) is 14.4. The Morgan fingerprint density at radius 1 is 0.818 bits per heavy atom. The summed E-state index contributed by atoms with van der Waals surface area (Å²) in [4.78, 5) is 34.1. The van der Waals surface area contributed by atoms with Gasteiger partial charge in [-0.05, 0) is 52.6 Å². The molecule has 2 amide bonds. The molecule has 0 saturated heterocycles. The minimum atomic E-state index is -1.05. The number of rotatable bonds is 12. The molecule has 5 aromatic rings. The van der Waals surface area contributed by atoms with Gasteiger partial charge in [0.1, 0.15) is 6.04 Å². The number of pyridine rings is 1. The Balaban J connectivity index is 1.54. The molecule has 0 bridgehead atoms. The molecular weight excluding hydrogens is 546 g/mol. The minimum absolute atomic E-state index is 0.115. The van der Waals surface area contributed by atoms with Crippen LogP contribution in [0.1, 0.15) is 33.6 Å². The zero-order valence-electron chi connectivity index (χ0n) is 24.3. The van der Waals surface area contributed by atoms with Crippen LogP contribution in [0.4, 0.5) is 5.69 Å². The van der Waals surface area contributed by atoms with Gasteiger partial charge in [-0.25, -0.2) is 0 Å². The molecule has 1 N–H and O–H groups in total. The lowest BCUT2D eigenvalue weighted by Gasteiger charge is -2.31. The number of carbonyl (C=O) groups is 2. The summed E-state index contributed by atoms with van der Waals surface area (Å²) < 4.78 is 5.52. The number of allylic oxidation sites excluding steroid dienone is 3. The smallest absolute Gasteiger partial charge is 0.294 e. The van der Waals surface area contributed by atoms with Gasteiger partial charge in [-0.1, -0.05) is 110 Å². The van der Waals surface area contributed by atoms with Crippen LogP contribution in [0.25, 0.3) is 11.1 Å². The molecule has 218 valence electrons. The fraction of sp³-hybridized carbons (Fsp3) is 0.0789. The van der Waals surface area contributed by atoms with E-state index in [1.54, 1.807) is 48.8 Å². The van der Waals surface area contributed by atoms with E-state index in [4.69, 9.17) is 4.42 Å². The Morgan fingerprint density at radius 3 is 2.11 bits per heavy atom. The molecule has 6 heteroatoms. The number of aromatic nitrogens is 1. The van der Waals surface area contributed by atoms with Crippen molar-refractivity contribution in [2.24, 2.45) is 0 Å². The van der Waals surface area contributed by atoms with E-state index in [0.29, 0.717) is 11.3 Å². The number of benzene rings is 3. The molecule has 0 spiro atoms. The fourth-order valence-electron chi connectivity index (χ4n) is 5.18. The van der Waals surface area contributed by atoms with E-state index in [2.05, 4.69) is 23.5 Å². The predicted molar refractivity (Wildman–Crippen MR) is 175 cm³/mol. The van der Waals surface area contributed by atoms with Crippen LogP contribution in [0.2, 0.25) is 0 Å². The number of amides is 2. The van der Waals surface area contributed by atoms with Crippen LogP contribution in [0.5, 0.6) is 0 Å². The van der Waals surface area contributed by atoms with Gasteiger partial charge in [0.2, 0.25) is 5.91 Å². The number of nitrogens with zero attached hydrogens (tertiary/aromatic N) is 2. The molecule has 0 aliphatic heterocycles. The molecule has 6 nitrogen and oxygen atoms in total. The highest BCUT2D eigenvalue weighted by atomic mass is 16.3. The van der Waals surface area contributed by atoms with Crippen LogP contribution in [0, 0.1) is 0 Å². The zero-order chi connectivity index (χ0) is 30.7. The van der Waals surface area contributed by atoms with Crippen LogP contribution in [-0.4, -0.2) is 23.3 Å². The van der Waals surface area contributed by atoms with Crippen molar-refractivity contribution >= 4 is 17.5 Å². The lowest BCUT2D eigenvalue weighted by atomic mass is 9.90. The van der Waals surface area contributed by atoms with Gasteiger partial charge >= 0.3 is 0 Å². The van der Waals surface area contributed by atoms with Gasteiger partial charge < -0.3 is 9.73 Å². The average molecular weight is 580 g/mol. The molecule has 0 aliphatic carbocycles. The molecule has 2 unspecified atom stereocenters. The van der Waals surface area contributed by atoms with Crippen LogP contribution >= 0.6 is 0 Å². The normalized spacial score (nSPS) is 12.5. The predicted octanol–water partition coefficient (Wildman–Crippen LogP) is 7.93. The summed E-state index contributed by atoms with van der Waals surface area (Å²) in [5, 5.41) is 3.13. The average Bonchev–Trinajstić information content (AvgIpc) is 3.63. The third-order valence-corrected chi connectivity index (χ3v) is 7.34. The molecule has 0 saturated carbocycles. The van der Waals surface area contributed by atoms with E-state index < -0.39 is 11.9 Å². The number of furan rings is 1. The molecule has 0 fully saturated rings. The molecule has 0 radical (unpaired) electrons. The lowest BCUT2D eigenvalue weighted by molar-refractivity contribution is -0.122. The maximum Gasteiger partial charge on any atom is 0.294 e. The first kappa shape index (κ1) is 29.7. The molecule has 44 heavy (non-hydrogen) atoms. The van der Waals surface area contributed by atoms with Crippen LogP contribution in [0.15, 0.2) is 169 Å². The first-order valence-corrected chi connectivity index (χ1v) is 14.3. The highest BCUT2D eigenvalue weighted by Gasteiger charge is 2.35. The standard InChI is InChI=1S/C38H33N3O3/c1-3-13-28(4-2)34(31-16-9-6-10-17-31)27-40-37(42)36(32-18-11-24-39-26-32)41(38(43)35-19-12-25-44-35)33-22-20-30(21-23-33)29-14-7-5-8-15-29/h3-26,34,36H,1-2,27H2,(H,40,42)/b28-13+. The lowest BCUT2D eigenvalue weighted by Crippen LogP contribution is -2.45. The van der Waals surface area contributed by atoms with Crippen molar-refractivity contribution in [2.75, 3.05) is 11.4 Å². The van der Waals surface area contributed by atoms with Crippen LogP contribution in [0.3, 0.4) is 0 Å². The SMILES string of the molecule is C=C/C=C(\C=C)C(CNC(=O)C(c1cccnc1)N(C(=O)c1ccco1)c1ccc(-c2ccccc2)cc1)c1ccccc1. The Bertz CT molecular complexity index is 1710. The number of anilines is 1. The summed E-state index contributed by atoms with van der Waals surface area (Å²) >= 11 is 0. The first-order chi connectivity index (χ1) is 21.6. The number of carbonyl (C=O) groups excluding carboxylic acids is 2. The fourth-order valence-corrected chi connectivity index (χ4v) is 5.18. The highest BCUT2D eigenvalue weighted by molar-refractivity contribution is 6.08. The number of hydrogen-bond donors (Lipinski definition) is 1. The molecule has 2 atom stereocenters. The van der Waals surface area contributed by atoms with Crippen molar-refractivity contribution in [3.63, 3.8) is 0 Å². The Labute approximate surface area is 257 Å². The quantitative estimate of drug-likeness (QED) is 0.152. The second-order valence-corrected chi connectivity index (χ2v) is 10.1. The number of nitrogens with one attached hydrogen (secondary N) is 1. The van der Waals surface area contributed by atoms with Gasteiger partial charge in [-0.3, -0.25) is 19.5 Å².